The predicted octanol–water partition coefficient (Wildman–Crippen LogP) is 1.43. The Labute approximate surface area is 122 Å². The van der Waals surface area contributed by atoms with Gasteiger partial charge in [0.05, 0.1) is 5.52 Å². The van der Waals surface area contributed by atoms with E-state index in [1.807, 2.05) is 24.3 Å². The van der Waals surface area contributed by atoms with Crippen LogP contribution in [0.2, 0.25) is 0 Å². The van der Waals surface area contributed by atoms with Crippen molar-refractivity contribution < 1.29 is 0 Å². The van der Waals surface area contributed by atoms with E-state index in [2.05, 4.69) is 19.9 Å². The molecule has 1 aliphatic heterocycles. The minimum Gasteiger partial charge on any atom is -0.285 e. The topological polar surface area (TPSA) is 85.7 Å². The Balaban J connectivity index is 2.03. The zero-order valence-corrected chi connectivity index (χ0v) is 11.1. The molecule has 0 radical (unpaired) electrons. The molecule has 0 saturated heterocycles. The second-order valence-electron chi connectivity index (χ2n) is 5.10. The quantitative estimate of drug-likeness (QED) is 0.400. The lowest BCUT2D eigenvalue weighted by molar-refractivity contribution is 1.31. The highest BCUT2D eigenvalue weighted by atomic mass is 16.2. The third-order valence-electron chi connectivity index (χ3n) is 3.81. The second-order valence-corrected chi connectivity index (χ2v) is 5.10. The van der Waals surface area contributed by atoms with Gasteiger partial charge in [-0.1, -0.05) is 18.2 Å². The molecule has 0 N–H and O–H groups in total. The van der Waals surface area contributed by atoms with E-state index < -0.39 is 10.9 Å². The lowest BCUT2D eigenvalue weighted by Gasteiger charge is -1.93. The van der Waals surface area contributed by atoms with Gasteiger partial charge in [0, 0.05) is 10.9 Å². The van der Waals surface area contributed by atoms with Crippen molar-refractivity contribution in [2.45, 2.75) is 0 Å². The fourth-order valence-corrected chi connectivity index (χ4v) is 2.78. The molecule has 6 heteroatoms. The molecular formula is C16H6N4O2. The van der Waals surface area contributed by atoms with Crippen molar-refractivity contribution in [3.63, 3.8) is 0 Å². The molecule has 6 nitrogen and oxygen atoms in total. The summed E-state index contributed by atoms with van der Waals surface area (Å²) in [6.45, 7) is 0. The van der Waals surface area contributed by atoms with Gasteiger partial charge in [-0.05, 0) is 18.2 Å². The van der Waals surface area contributed by atoms with Crippen LogP contribution >= 0.6 is 0 Å². The minimum absolute atomic E-state index is 0.124. The summed E-state index contributed by atoms with van der Waals surface area (Å²) in [5.41, 5.74) is 2.34. The van der Waals surface area contributed by atoms with Crippen molar-refractivity contribution in [2.24, 2.45) is 0 Å². The van der Waals surface area contributed by atoms with Crippen LogP contribution in [0, 0.1) is 0 Å². The Kier molecular flexibility index (Phi) is 1.90. The molecule has 5 rings (SSSR count). The number of benzene rings is 2. The smallest absolute Gasteiger partial charge is 0.251 e. The normalized spacial score (nSPS) is 12.0. The van der Waals surface area contributed by atoms with Crippen LogP contribution in [0.3, 0.4) is 0 Å². The largest absolute Gasteiger partial charge is 0.285 e. The Hall–Kier alpha value is -3.28. The maximum absolute atomic E-state index is 11.9. The van der Waals surface area contributed by atoms with Gasteiger partial charge in [-0.2, -0.15) is 0 Å². The van der Waals surface area contributed by atoms with Gasteiger partial charge in [0.2, 0.25) is 5.43 Å². The predicted molar refractivity (Wildman–Crippen MR) is 81.7 cm³/mol. The van der Waals surface area contributed by atoms with Gasteiger partial charge < -0.3 is 0 Å². The maximum Gasteiger partial charge on any atom is 0.251 e. The number of aromatic nitrogens is 4. The third kappa shape index (κ3) is 1.28. The summed E-state index contributed by atoms with van der Waals surface area (Å²) < 4.78 is 0. The molecule has 0 fully saturated rings. The molecule has 0 saturated carbocycles. The first kappa shape index (κ1) is 11.4. The average Bonchev–Trinajstić information content (AvgIpc) is 3.07. The summed E-state index contributed by atoms with van der Waals surface area (Å²) >= 11 is 0. The Bertz CT molecular complexity index is 1270. The van der Waals surface area contributed by atoms with Crippen LogP contribution < -0.4 is 10.9 Å². The van der Waals surface area contributed by atoms with E-state index >= 15 is 0 Å². The molecule has 0 unspecified atom stereocenters. The Morgan fingerprint density at radius 1 is 0.727 bits per heavy atom. The SMILES string of the molecule is O=c1ccc2c3nc4nc5ccccc5c4nc3nc-2c1=O. The van der Waals surface area contributed by atoms with E-state index in [1.165, 1.54) is 6.07 Å². The molecule has 1 aromatic carbocycles. The highest BCUT2D eigenvalue weighted by Crippen LogP contribution is 2.29. The first-order valence-electron chi connectivity index (χ1n) is 6.69. The Morgan fingerprint density at radius 3 is 2.41 bits per heavy atom. The number of rotatable bonds is 0. The van der Waals surface area contributed by atoms with Gasteiger partial charge in [-0.3, -0.25) is 9.59 Å². The van der Waals surface area contributed by atoms with Gasteiger partial charge in [-0.25, -0.2) is 19.9 Å². The van der Waals surface area contributed by atoms with Crippen LogP contribution in [0.25, 0.3) is 44.5 Å². The molecule has 3 aromatic rings. The lowest BCUT2D eigenvalue weighted by Crippen LogP contribution is -2.24. The summed E-state index contributed by atoms with van der Waals surface area (Å²) in [6, 6.07) is 10.4. The van der Waals surface area contributed by atoms with E-state index in [4.69, 9.17) is 0 Å². The molecule has 3 heterocycles. The maximum atomic E-state index is 11.9. The van der Waals surface area contributed by atoms with Crippen molar-refractivity contribution in [1.29, 1.82) is 0 Å². The van der Waals surface area contributed by atoms with Gasteiger partial charge in [0.25, 0.3) is 5.43 Å². The Morgan fingerprint density at radius 2 is 1.50 bits per heavy atom. The van der Waals surface area contributed by atoms with E-state index in [0.717, 1.165) is 10.9 Å². The zero-order valence-electron chi connectivity index (χ0n) is 11.1. The average molecular weight is 286 g/mol. The molecule has 0 atom stereocenters. The molecule has 2 aliphatic rings. The van der Waals surface area contributed by atoms with E-state index in [-0.39, 0.29) is 5.69 Å². The van der Waals surface area contributed by atoms with Gasteiger partial charge in [-0.15, -0.1) is 0 Å². The summed E-state index contributed by atoms with van der Waals surface area (Å²) in [4.78, 5) is 41.0. The van der Waals surface area contributed by atoms with Crippen molar-refractivity contribution in [2.75, 3.05) is 0 Å². The summed E-state index contributed by atoms with van der Waals surface area (Å²) in [5, 5.41) is 0.894. The standard InChI is InChI=1S/C16H6N4O2/c21-10-6-5-8-11(14(10)22)18-16-13(8)20-15-12(19-16)7-3-1-2-4-9(7)17-15/h1-6H. The summed E-state index contributed by atoms with van der Waals surface area (Å²) in [5.74, 6) is 0. The second kappa shape index (κ2) is 3.67. The number of hydrogen-bond acceptors (Lipinski definition) is 6. The highest BCUT2D eigenvalue weighted by Gasteiger charge is 2.20. The summed E-state index contributed by atoms with van der Waals surface area (Å²) in [7, 11) is 0. The molecule has 0 amide bonds. The first-order chi connectivity index (χ1) is 10.7. The van der Waals surface area contributed by atoms with Crippen LogP contribution in [0.1, 0.15) is 0 Å². The summed E-state index contributed by atoms with van der Waals surface area (Å²) in [6.07, 6.45) is 0. The molecule has 102 valence electrons. The monoisotopic (exact) mass is 286 g/mol. The van der Waals surface area contributed by atoms with Crippen molar-refractivity contribution in [3.8, 4) is 11.3 Å². The van der Waals surface area contributed by atoms with Crippen LogP contribution in [-0.4, -0.2) is 19.9 Å². The molecule has 1 aliphatic carbocycles. The van der Waals surface area contributed by atoms with E-state index in [1.54, 1.807) is 6.07 Å². The zero-order chi connectivity index (χ0) is 14.8. The van der Waals surface area contributed by atoms with Gasteiger partial charge in [0.15, 0.2) is 11.3 Å². The van der Waals surface area contributed by atoms with E-state index in [0.29, 0.717) is 27.9 Å². The fraction of sp³-hybridized carbons (Fsp3) is 0. The number of nitrogens with zero attached hydrogens (tertiary/aromatic N) is 4. The van der Waals surface area contributed by atoms with Gasteiger partial charge >= 0.3 is 0 Å². The van der Waals surface area contributed by atoms with Crippen molar-refractivity contribution in [3.05, 3.63) is 56.8 Å². The number of para-hydroxylation sites is 1. The molecule has 2 aromatic heterocycles. The first-order valence-corrected chi connectivity index (χ1v) is 6.69. The van der Waals surface area contributed by atoms with Crippen LogP contribution in [0.5, 0.6) is 0 Å². The van der Waals surface area contributed by atoms with Crippen LogP contribution in [0.15, 0.2) is 46.0 Å². The lowest BCUT2D eigenvalue weighted by atomic mass is 10.1. The highest BCUT2D eigenvalue weighted by molar-refractivity contribution is 6.07. The molecule has 0 bridgehead atoms. The van der Waals surface area contributed by atoms with E-state index in [9.17, 15) is 9.59 Å². The van der Waals surface area contributed by atoms with Crippen LogP contribution in [-0.2, 0) is 0 Å². The number of fused-ring (bicyclic) bond motifs is 6. The third-order valence-corrected chi connectivity index (χ3v) is 3.81. The molecule has 22 heavy (non-hydrogen) atoms. The van der Waals surface area contributed by atoms with Crippen molar-refractivity contribution in [1.82, 2.24) is 19.9 Å². The molecular weight excluding hydrogens is 280 g/mol. The molecule has 0 spiro atoms. The van der Waals surface area contributed by atoms with Gasteiger partial charge in [0.1, 0.15) is 16.7 Å². The van der Waals surface area contributed by atoms with Crippen molar-refractivity contribution >= 4 is 33.2 Å². The van der Waals surface area contributed by atoms with Crippen LogP contribution in [0.4, 0.5) is 0 Å². The fourth-order valence-electron chi connectivity index (χ4n) is 2.78. The number of hydrogen-bond donors (Lipinski definition) is 0. The minimum atomic E-state index is -0.616.